The van der Waals surface area contributed by atoms with Gasteiger partial charge in [0, 0.05) is 23.3 Å². The molecule has 1 aromatic carbocycles. The average molecular weight is 313 g/mol. The highest BCUT2D eigenvalue weighted by molar-refractivity contribution is 9.10. The fourth-order valence-electron chi connectivity index (χ4n) is 1.57. The Balaban J connectivity index is 1.89. The van der Waals surface area contributed by atoms with E-state index in [0.29, 0.717) is 5.41 Å². The summed E-state index contributed by atoms with van der Waals surface area (Å²) in [5.41, 5.74) is 1.61. The van der Waals surface area contributed by atoms with Crippen molar-refractivity contribution in [3.8, 4) is 0 Å². The molecule has 1 heterocycles. The minimum atomic E-state index is 0.339. The zero-order valence-corrected chi connectivity index (χ0v) is 12.6. The predicted octanol–water partition coefficient (Wildman–Crippen LogP) is 3.67. The molecule has 1 aromatic rings. The Kier molecular flexibility index (Phi) is 4.15. The van der Waals surface area contributed by atoms with E-state index in [2.05, 4.69) is 58.3 Å². The van der Waals surface area contributed by atoms with Crippen molar-refractivity contribution >= 4 is 32.9 Å². The molecular weight excluding hydrogens is 296 g/mol. The number of aliphatic imine (C=N–C) groups is 1. The van der Waals surface area contributed by atoms with Crippen molar-refractivity contribution in [1.82, 2.24) is 5.32 Å². The maximum Gasteiger partial charge on any atom is 0.156 e. The number of hydrogen-bond acceptors (Lipinski definition) is 3. The summed E-state index contributed by atoms with van der Waals surface area (Å²) in [5, 5.41) is 4.47. The summed E-state index contributed by atoms with van der Waals surface area (Å²) in [6.07, 6.45) is 0. The van der Waals surface area contributed by atoms with Gasteiger partial charge < -0.3 is 5.32 Å². The second-order valence-electron chi connectivity index (χ2n) is 5.06. The van der Waals surface area contributed by atoms with Crippen LogP contribution in [0.25, 0.3) is 0 Å². The third-order valence-corrected chi connectivity index (χ3v) is 4.55. The molecule has 0 bridgehead atoms. The van der Waals surface area contributed by atoms with Crippen LogP contribution >= 0.6 is 27.7 Å². The van der Waals surface area contributed by atoms with Crippen molar-refractivity contribution in [3.05, 3.63) is 34.3 Å². The van der Waals surface area contributed by atoms with Crippen molar-refractivity contribution < 1.29 is 0 Å². The van der Waals surface area contributed by atoms with Gasteiger partial charge in [0.05, 0.1) is 0 Å². The van der Waals surface area contributed by atoms with Crippen molar-refractivity contribution in [3.63, 3.8) is 0 Å². The van der Waals surface area contributed by atoms with Crippen LogP contribution in [0, 0.1) is 5.41 Å². The third-order valence-electron chi connectivity index (χ3n) is 2.58. The zero-order valence-electron chi connectivity index (χ0n) is 10.2. The average Bonchev–Trinajstić information content (AvgIpc) is 2.28. The summed E-state index contributed by atoms with van der Waals surface area (Å²) in [4.78, 5) is 4.58. The molecule has 17 heavy (non-hydrogen) atoms. The quantitative estimate of drug-likeness (QED) is 0.901. The lowest BCUT2D eigenvalue weighted by Crippen LogP contribution is -2.30. The largest absolute Gasteiger partial charge is 0.361 e. The van der Waals surface area contributed by atoms with Crippen LogP contribution < -0.4 is 5.32 Å². The Morgan fingerprint density at radius 3 is 2.94 bits per heavy atom. The lowest BCUT2D eigenvalue weighted by molar-refractivity contribution is 0.436. The number of amidine groups is 1. The first kappa shape index (κ1) is 13.0. The van der Waals surface area contributed by atoms with E-state index in [9.17, 15) is 0 Å². The number of thioether (sulfide) groups is 1. The molecule has 1 aliphatic heterocycles. The van der Waals surface area contributed by atoms with Crippen LogP contribution in [-0.2, 0) is 6.54 Å². The lowest BCUT2D eigenvalue weighted by Gasteiger charge is -2.27. The zero-order chi connectivity index (χ0) is 12.3. The Hall–Kier alpha value is -0.480. The molecule has 0 saturated heterocycles. The fourth-order valence-corrected chi connectivity index (χ4v) is 2.97. The van der Waals surface area contributed by atoms with Gasteiger partial charge in [0.2, 0.25) is 0 Å². The van der Waals surface area contributed by atoms with Gasteiger partial charge in [-0.1, -0.05) is 53.7 Å². The molecule has 2 rings (SSSR count). The first-order valence-electron chi connectivity index (χ1n) is 5.71. The molecule has 92 valence electrons. The number of rotatable bonds is 2. The number of nitrogens with zero attached hydrogens (tertiary/aromatic N) is 1. The van der Waals surface area contributed by atoms with E-state index >= 15 is 0 Å². The normalized spacial score (nSPS) is 18.6. The van der Waals surface area contributed by atoms with E-state index in [1.54, 1.807) is 0 Å². The molecule has 0 aromatic heterocycles. The second kappa shape index (κ2) is 5.44. The van der Waals surface area contributed by atoms with Crippen LogP contribution in [-0.4, -0.2) is 17.5 Å². The highest BCUT2D eigenvalue weighted by Crippen LogP contribution is 2.27. The Morgan fingerprint density at radius 2 is 2.29 bits per heavy atom. The summed E-state index contributed by atoms with van der Waals surface area (Å²) >= 11 is 5.30. The number of hydrogen-bond donors (Lipinski definition) is 1. The van der Waals surface area contributed by atoms with Gasteiger partial charge in [-0.25, -0.2) is 0 Å². The number of halogens is 1. The lowest BCUT2D eigenvalue weighted by atomic mass is 9.97. The summed E-state index contributed by atoms with van der Waals surface area (Å²) < 4.78 is 1.12. The van der Waals surface area contributed by atoms with Crippen LogP contribution in [0.5, 0.6) is 0 Å². The second-order valence-corrected chi connectivity index (χ2v) is 6.94. The molecule has 2 nitrogen and oxygen atoms in total. The first-order chi connectivity index (χ1) is 8.05. The van der Waals surface area contributed by atoms with Gasteiger partial charge in [-0.2, -0.15) is 0 Å². The SMILES string of the molecule is CC1(C)CN=C(NCc2cccc(Br)c2)SC1. The van der Waals surface area contributed by atoms with E-state index in [1.165, 1.54) is 5.56 Å². The first-order valence-corrected chi connectivity index (χ1v) is 7.49. The topological polar surface area (TPSA) is 24.4 Å². The molecule has 0 aliphatic carbocycles. The minimum Gasteiger partial charge on any atom is -0.361 e. The molecule has 0 amide bonds. The molecule has 0 atom stereocenters. The van der Waals surface area contributed by atoms with E-state index in [1.807, 2.05) is 17.8 Å². The number of benzene rings is 1. The van der Waals surface area contributed by atoms with Crippen LogP contribution in [0.15, 0.2) is 33.7 Å². The minimum absolute atomic E-state index is 0.339. The third kappa shape index (κ3) is 4.03. The predicted molar refractivity (Wildman–Crippen MR) is 79.5 cm³/mol. The molecule has 0 unspecified atom stereocenters. The van der Waals surface area contributed by atoms with Gasteiger partial charge in [0.1, 0.15) is 0 Å². The van der Waals surface area contributed by atoms with Crippen molar-refractivity contribution in [2.24, 2.45) is 10.4 Å². The molecular formula is C13H17BrN2S. The Bertz CT molecular complexity index is 429. The fraction of sp³-hybridized carbons (Fsp3) is 0.462. The van der Waals surface area contributed by atoms with Gasteiger partial charge in [-0.3, -0.25) is 4.99 Å². The van der Waals surface area contributed by atoms with Crippen LogP contribution in [0.4, 0.5) is 0 Å². The summed E-state index contributed by atoms with van der Waals surface area (Å²) in [6.45, 7) is 6.27. The van der Waals surface area contributed by atoms with Gasteiger partial charge >= 0.3 is 0 Å². The van der Waals surface area contributed by atoms with Crippen molar-refractivity contribution in [2.75, 3.05) is 12.3 Å². The highest BCUT2D eigenvalue weighted by atomic mass is 79.9. The van der Waals surface area contributed by atoms with Crippen LogP contribution in [0.3, 0.4) is 0 Å². The van der Waals surface area contributed by atoms with E-state index in [0.717, 1.165) is 28.5 Å². The maximum absolute atomic E-state index is 4.58. The van der Waals surface area contributed by atoms with E-state index < -0.39 is 0 Å². The molecule has 4 heteroatoms. The Labute approximate surface area is 115 Å². The van der Waals surface area contributed by atoms with Gasteiger partial charge in [0.15, 0.2) is 5.17 Å². The van der Waals surface area contributed by atoms with Gasteiger partial charge in [0.25, 0.3) is 0 Å². The molecule has 1 aliphatic rings. The molecule has 0 fully saturated rings. The maximum atomic E-state index is 4.58. The smallest absolute Gasteiger partial charge is 0.156 e. The van der Waals surface area contributed by atoms with Crippen molar-refractivity contribution in [2.45, 2.75) is 20.4 Å². The van der Waals surface area contributed by atoms with Crippen molar-refractivity contribution in [1.29, 1.82) is 0 Å². The van der Waals surface area contributed by atoms with Gasteiger partial charge in [-0.15, -0.1) is 0 Å². The van der Waals surface area contributed by atoms with E-state index in [-0.39, 0.29) is 0 Å². The number of nitrogens with one attached hydrogen (secondary N) is 1. The molecule has 0 saturated carbocycles. The standard InChI is InChI=1S/C13H17BrN2S/c1-13(2)8-16-12(17-9-13)15-7-10-4-3-5-11(14)6-10/h3-6H,7-9H2,1-2H3,(H,15,16). The van der Waals surface area contributed by atoms with E-state index in [4.69, 9.17) is 0 Å². The summed E-state index contributed by atoms with van der Waals surface area (Å²) in [5.74, 6) is 1.14. The summed E-state index contributed by atoms with van der Waals surface area (Å²) in [7, 11) is 0. The van der Waals surface area contributed by atoms with Crippen LogP contribution in [0.2, 0.25) is 0 Å². The monoisotopic (exact) mass is 312 g/mol. The summed E-state index contributed by atoms with van der Waals surface area (Å²) in [6, 6.07) is 8.35. The molecule has 0 radical (unpaired) electrons. The molecule has 0 spiro atoms. The van der Waals surface area contributed by atoms with Gasteiger partial charge in [-0.05, 0) is 23.1 Å². The van der Waals surface area contributed by atoms with Crippen LogP contribution in [0.1, 0.15) is 19.4 Å². The molecule has 1 N–H and O–H groups in total. The Morgan fingerprint density at radius 1 is 1.47 bits per heavy atom. The highest BCUT2D eigenvalue weighted by Gasteiger charge is 2.23.